The zero-order chi connectivity index (χ0) is 18.4. The van der Waals surface area contributed by atoms with Crippen molar-refractivity contribution in [2.45, 2.75) is 6.92 Å². The van der Waals surface area contributed by atoms with Gasteiger partial charge in [-0.1, -0.05) is 53.2 Å². The second-order valence-electron chi connectivity index (χ2n) is 5.55. The van der Waals surface area contributed by atoms with Gasteiger partial charge in [0.15, 0.2) is 18.1 Å². The number of aromatic nitrogens is 1. The van der Waals surface area contributed by atoms with Gasteiger partial charge in [0.05, 0.1) is 0 Å². The van der Waals surface area contributed by atoms with Gasteiger partial charge in [0.25, 0.3) is 11.8 Å². The van der Waals surface area contributed by atoms with Crippen molar-refractivity contribution in [1.29, 1.82) is 0 Å². The molecule has 0 aliphatic rings. The van der Waals surface area contributed by atoms with Crippen LogP contribution in [0, 0.1) is 6.92 Å². The van der Waals surface area contributed by atoms with Crippen molar-refractivity contribution in [3.8, 4) is 17.1 Å². The summed E-state index contributed by atoms with van der Waals surface area (Å²) in [5.41, 5.74) is 6.49. The van der Waals surface area contributed by atoms with Crippen molar-refractivity contribution in [1.82, 2.24) is 16.0 Å². The highest BCUT2D eigenvalue weighted by molar-refractivity contribution is 5.94. The van der Waals surface area contributed by atoms with Crippen LogP contribution in [-0.2, 0) is 4.79 Å². The first-order valence-corrected chi connectivity index (χ1v) is 7.92. The molecule has 0 fully saturated rings. The molecule has 0 saturated heterocycles. The summed E-state index contributed by atoms with van der Waals surface area (Å²) in [5.74, 6) is -0.0452. The van der Waals surface area contributed by atoms with E-state index in [2.05, 4.69) is 16.0 Å². The van der Waals surface area contributed by atoms with Crippen LogP contribution >= 0.6 is 0 Å². The standard InChI is InChI=1S/C19H17N3O4/c1-13-7-9-15(10-8-13)25-12-18(23)20-21-19(24)16-11-17(26-22-16)14-5-3-2-4-6-14/h2-11H,12H2,1H3,(H,20,23)(H,21,24). The summed E-state index contributed by atoms with van der Waals surface area (Å²) >= 11 is 0. The van der Waals surface area contributed by atoms with E-state index in [0.717, 1.165) is 11.1 Å². The zero-order valence-electron chi connectivity index (χ0n) is 14.1. The summed E-state index contributed by atoms with van der Waals surface area (Å²) in [6, 6.07) is 18.1. The molecule has 0 unspecified atom stereocenters. The molecular weight excluding hydrogens is 334 g/mol. The van der Waals surface area contributed by atoms with Crippen molar-refractivity contribution in [3.05, 3.63) is 71.9 Å². The maximum atomic E-state index is 12.0. The first-order valence-electron chi connectivity index (χ1n) is 7.92. The van der Waals surface area contributed by atoms with E-state index in [1.54, 1.807) is 12.1 Å². The summed E-state index contributed by atoms with van der Waals surface area (Å²) in [4.78, 5) is 23.8. The fraction of sp³-hybridized carbons (Fsp3) is 0.105. The summed E-state index contributed by atoms with van der Waals surface area (Å²) in [5, 5.41) is 3.70. The molecule has 3 rings (SSSR count). The Morgan fingerprint density at radius 2 is 1.77 bits per heavy atom. The van der Waals surface area contributed by atoms with Gasteiger partial charge < -0.3 is 9.26 Å². The van der Waals surface area contributed by atoms with E-state index < -0.39 is 11.8 Å². The number of hydrogen-bond donors (Lipinski definition) is 2. The Kier molecular flexibility index (Phi) is 5.28. The highest BCUT2D eigenvalue weighted by Gasteiger charge is 2.14. The predicted octanol–water partition coefficient (Wildman–Crippen LogP) is 2.49. The number of aryl methyl sites for hydroxylation is 1. The van der Waals surface area contributed by atoms with Crippen molar-refractivity contribution in [3.63, 3.8) is 0 Å². The maximum absolute atomic E-state index is 12.0. The number of nitrogens with one attached hydrogen (secondary N) is 2. The first kappa shape index (κ1) is 17.2. The van der Waals surface area contributed by atoms with Crippen LogP contribution in [0.15, 0.2) is 65.2 Å². The Morgan fingerprint density at radius 1 is 1.04 bits per heavy atom. The monoisotopic (exact) mass is 351 g/mol. The van der Waals surface area contributed by atoms with E-state index in [9.17, 15) is 9.59 Å². The minimum absolute atomic E-state index is 0.0589. The van der Waals surface area contributed by atoms with Crippen molar-refractivity contribution >= 4 is 11.8 Å². The molecule has 2 aromatic carbocycles. The Morgan fingerprint density at radius 3 is 2.50 bits per heavy atom. The summed E-state index contributed by atoms with van der Waals surface area (Å²) in [7, 11) is 0. The van der Waals surface area contributed by atoms with Crippen LogP contribution in [0.2, 0.25) is 0 Å². The quantitative estimate of drug-likeness (QED) is 0.689. The molecule has 2 N–H and O–H groups in total. The van der Waals surface area contributed by atoms with Gasteiger partial charge in [0, 0.05) is 11.6 Å². The van der Waals surface area contributed by atoms with Crippen LogP contribution in [0.5, 0.6) is 5.75 Å². The molecule has 3 aromatic rings. The van der Waals surface area contributed by atoms with E-state index in [1.807, 2.05) is 49.4 Å². The number of carbonyl (C=O) groups is 2. The summed E-state index contributed by atoms with van der Waals surface area (Å²) in [6.07, 6.45) is 0. The third-order valence-electron chi connectivity index (χ3n) is 3.51. The van der Waals surface area contributed by atoms with Crippen LogP contribution < -0.4 is 15.6 Å². The van der Waals surface area contributed by atoms with Crippen LogP contribution in [-0.4, -0.2) is 23.6 Å². The van der Waals surface area contributed by atoms with E-state index in [1.165, 1.54) is 6.07 Å². The molecule has 0 saturated carbocycles. The Labute approximate surface area is 149 Å². The number of nitrogens with zero attached hydrogens (tertiary/aromatic N) is 1. The predicted molar refractivity (Wildman–Crippen MR) is 94.2 cm³/mol. The lowest BCUT2D eigenvalue weighted by atomic mass is 10.1. The highest BCUT2D eigenvalue weighted by Crippen LogP contribution is 2.19. The molecule has 1 aromatic heterocycles. The molecule has 7 heteroatoms. The summed E-state index contributed by atoms with van der Waals surface area (Å²) in [6.45, 7) is 1.73. The third kappa shape index (κ3) is 4.47. The van der Waals surface area contributed by atoms with Crippen LogP contribution in [0.1, 0.15) is 16.1 Å². The third-order valence-corrected chi connectivity index (χ3v) is 3.51. The van der Waals surface area contributed by atoms with E-state index in [-0.39, 0.29) is 12.3 Å². The topological polar surface area (TPSA) is 93.5 Å². The van der Waals surface area contributed by atoms with E-state index >= 15 is 0 Å². The Balaban J connectivity index is 1.48. The molecule has 0 aliphatic carbocycles. The Bertz CT molecular complexity index is 889. The minimum atomic E-state index is -0.584. The van der Waals surface area contributed by atoms with Crippen LogP contribution in [0.4, 0.5) is 0 Å². The van der Waals surface area contributed by atoms with Gasteiger partial charge in [0.2, 0.25) is 0 Å². The average molecular weight is 351 g/mol. The normalized spacial score (nSPS) is 10.2. The number of hydrazine groups is 1. The number of hydrogen-bond acceptors (Lipinski definition) is 5. The smallest absolute Gasteiger partial charge is 0.291 e. The largest absolute Gasteiger partial charge is 0.484 e. The minimum Gasteiger partial charge on any atom is -0.484 e. The first-order chi connectivity index (χ1) is 12.6. The van der Waals surface area contributed by atoms with Gasteiger partial charge in [-0.05, 0) is 19.1 Å². The van der Waals surface area contributed by atoms with Gasteiger partial charge in [-0.2, -0.15) is 0 Å². The van der Waals surface area contributed by atoms with E-state index in [0.29, 0.717) is 11.5 Å². The maximum Gasteiger partial charge on any atom is 0.291 e. The SMILES string of the molecule is Cc1ccc(OCC(=O)NNC(=O)c2cc(-c3ccccc3)on2)cc1. The fourth-order valence-corrected chi connectivity index (χ4v) is 2.13. The molecule has 0 spiro atoms. The lowest BCUT2D eigenvalue weighted by Crippen LogP contribution is -2.43. The molecule has 0 aliphatic heterocycles. The second kappa shape index (κ2) is 7.98. The van der Waals surface area contributed by atoms with Crippen LogP contribution in [0.25, 0.3) is 11.3 Å². The zero-order valence-corrected chi connectivity index (χ0v) is 14.1. The van der Waals surface area contributed by atoms with Gasteiger partial charge >= 0.3 is 0 Å². The summed E-state index contributed by atoms with van der Waals surface area (Å²) < 4.78 is 10.5. The fourth-order valence-electron chi connectivity index (χ4n) is 2.13. The average Bonchev–Trinajstić information content (AvgIpc) is 3.17. The molecule has 7 nitrogen and oxygen atoms in total. The van der Waals surface area contributed by atoms with Crippen molar-refractivity contribution < 1.29 is 18.8 Å². The lowest BCUT2D eigenvalue weighted by Gasteiger charge is -2.07. The van der Waals surface area contributed by atoms with Gasteiger partial charge in [-0.15, -0.1) is 0 Å². The van der Waals surface area contributed by atoms with E-state index in [4.69, 9.17) is 9.26 Å². The Hall–Kier alpha value is -3.61. The number of ether oxygens (including phenoxy) is 1. The molecule has 2 amide bonds. The molecule has 0 radical (unpaired) electrons. The number of benzene rings is 2. The van der Waals surface area contributed by atoms with Crippen molar-refractivity contribution in [2.75, 3.05) is 6.61 Å². The van der Waals surface area contributed by atoms with Crippen molar-refractivity contribution in [2.24, 2.45) is 0 Å². The molecule has 0 atom stereocenters. The van der Waals surface area contributed by atoms with Crippen LogP contribution in [0.3, 0.4) is 0 Å². The molecule has 26 heavy (non-hydrogen) atoms. The van der Waals surface area contributed by atoms with Gasteiger partial charge in [0.1, 0.15) is 5.75 Å². The molecule has 132 valence electrons. The second-order valence-corrected chi connectivity index (χ2v) is 5.55. The number of carbonyl (C=O) groups excluding carboxylic acids is 2. The molecule has 1 heterocycles. The lowest BCUT2D eigenvalue weighted by molar-refractivity contribution is -0.123. The number of amides is 2. The molecule has 0 bridgehead atoms. The number of rotatable bonds is 5. The van der Waals surface area contributed by atoms with Gasteiger partial charge in [-0.3, -0.25) is 20.4 Å². The molecular formula is C19H17N3O4. The highest BCUT2D eigenvalue weighted by atomic mass is 16.5. The van der Waals surface area contributed by atoms with Gasteiger partial charge in [-0.25, -0.2) is 0 Å².